The summed E-state index contributed by atoms with van der Waals surface area (Å²) in [6, 6.07) is 15.9. The van der Waals surface area contributed by atoms with Crippen LogP contribution in [0.25, 0.3) is 33.7 Å². The lowest BCUT2D eigenvalue weighted by Crippen LogP contribution is -2.10. The highest BCUT2D eigenvalue weighted by atomic mass is 19.1. The van der Waals surface area contributed by atoms with Gasteiger partial charge in [0.1, 0.15) is 36.2 Å². The van der Waals surface area contributed by atoms with Gasteiger partial charge in [0, 0.05) is 49.9 Å². The molecule has 0 radical (unpaired) electrons. The lowest BCUT2D eigenvalue weighted by molar-refractivity contribution is 0.0697. The van der Waals surface area contributed by atoms with E-state index in [2.05, 4.69) is 20.1 Å². The van der Waals surface area contributed by atoms with Crippen LogP contribution in [0.15, 0.2) is 73.1 Å². The fourth-order valence-corrected chi connectivity index (χ4v) is 5.12. The number of ether oxygens (including phenoxy) is 2. The Morgan fingerprint density at radius 1 is 0.935 bits per heavy atom. The Morgan fingerprint density at radius 3 is 2.50 bits per heavy atom. The number of carboxylic acids is 1. The van der Waals surface area contributed by atoms with Gasteiger partial charge < -0.3 is 19.1 Å². The van der Waals surface area contributed by atoms with E-state index in [9.17, 15) is 14.3 Å². The number of nitrogens with zero attached hydrogens (tertiary/aromatic N) is 6. The molecule has 0 aliphatic carbocycles. The number of fused-ring (bicyclic) bond motifs is 1. The Kier molecular flexibility index (Phi) is 8.49. The summed E-state index contributed by atoms with van der Waals surface area (Å²) in [5, 5.41) is 13.4. The lowest BCUT2D eigenvalue weighted by atomic mass is 10.0. The molecular weight excluding hydrogens is 601 g/mol. The van der Waals surface area contributed by atoms with Crippen molar-refractivity contribution in [1.82, 2.24) is 29.3 Å². The molecule has 3 aromatic carbocycles. The number of aromatic nitrogens is 6. The molecule has 0 aliphatic heterocycles. The van der Waals surface area contributed by atoms with Crippen molar-refractivity contribution < 1.29 is 32.5 Å². The van der Waals surface area contributed by atoms with Gasteiger partial charge in [0.05, 0.1) is 28.9 Å². The van der Waals surface area contributed by atoms with Gasteiger partial charge in [0.15, 0.2) is 5.82 Å². The highest BCUT2D eigenvalue weighted by molar-refractivity contribution is 5.92. The first kappa shape index (κ1) is 30.5. The molecule has 0 fully saturated rings. The SMILES string of the molecule is COCCn1c(Cc2cc(F)c(-c3cccc(OCc4ccc(-c5ncnn5C)cc4F)n3)cc2F)nc2ccc(C(=O)O)cc21. The van der Waals surface area contributed by atoms with Crippen molar-refractivity contribution in [3.63, 3.8) is 0 Å². The van der Waals surface area contributed by atoms with Gasteiger partial charge in [0.25, 0.3) is 0 Å². The van der Waals surface area contributed by atoms with Crippen molar-refractivity contribution in [3.8, 4) is 28.5 Å². The van der Waals surface area contributed by atoms with E-state index in [0.29, 0.717) is 41.4 Å². The maximum atomic E-state index is 15.5. The molecule has 0 saturated carbocycles. The highest BCUT2D eigenvalue weighted by Gasteiger charge is 2.19. The van der Waals surface area contributed by atoms with Crippen LogP contribution in [0.4, 0.5) is 13.2 Å². The summed E-state index contributed by atoms with van der Waals surface area (Å²) in [5.41, 5.74) is 2.09. The Hall–Kier alpha value is -5.56. The van der Waals surface area contributed by atoms with Crippen LogP contribution >= 0.6 is 0 Å². The van der Waals surface area contributed by atoms with Gasteiger partial charge >= 0.3 is 5.97 Å². The number of hydrogen-bond donors (Lipinski definition) is 1. The highest BCUT2D eigenvalue weighted by Crippen LogP contribution is 2.29. The van der Waals surface area contributed by atoms with Crippen LogP contribution in [0, 0.1) is 17.5 Å². The third kappa shape index (κ3) is 6.17. The number of pyridine rings is 1. The fraction of sp³-hybridized carbons (Fsp3) is 0.182. The van der Waals surface area contributed by atoms with Gasteiger partial charge in [-0.1, -0.05) is 18.2 Å². The molecule has 3 aromatic heterocycles. The second-order valence-electron chi connectivity index (χ2n) is 10.4. The monoisotopic (exact) mass is 628 g/mol. The molecule has 0 aliphatic rings. The summed E-state index contributed by atoms with van der Waals surface area (Å²) in [5.74, 6) is -1.93. The predicted molar refractivity (Wildman–Crippen MR) is 162 cm³/mol. The van der Waals surface area contributed by atoms with Gasteiger partial charge in [-0.2, -0.15) is 5.10 Å². The summed E-state index contributed by atoms with van der Waals surface area (Å²) < 4.78 is 59.9. The smallest absolute Gasteiger partial charge is 0.335 e. The molecule has 0 bridgehead atoms. The molecule has 46 heavy (non-hydrogen) atoms. The van der Waals surface area contributed by atoms with Gasteiger partial charge in [-0.3, -0.25) is 0 Å². The van der Waals surface area contributed by atoms with Crippen LogP contribution in [0.2, 0.25) is 0 Å². The number of carboxylic acid groups (broad SMARTS) is 1. The number of halogens is 3. The van der Waals surface area contributed by atoms with E-state index in [1.54, 1.807) is 35.9 Å². The molecule has 6 rings (SSSR count). The maximum Gasteiger partial charge on any atom is 0.335 e. The summed E-state index contributed by atoms with van der Waals surface area (Å²) in [4.78, 5) is 24.5. The Labute approximate surface area is 260 Å². The van der Waals surface area contributed by atoms with E-state index >= 15 is 8.78 Å². The Balaban J connectivity index is 1.22. The molecule has 234 valence electrons. The van der Waals surface area contributed by atoms with E-state index in [0.717, 1.165) is 12.1 Å². The molecule has 0 amide bonds. The topological polar surface area (TPSA) is 117 Å². The number of benzene rings is 3. The van der Waals surface area contributed by atoms with Crippen LogP contribution in [0.3, 0.4) is 0 Å². The maximum absolute atomic E-state index is 15.5. The summed E-state index contributed by atoms with van der Waals surface area (Å²) in [6.45, 7) is 0.492. The van der Waals surface area contributed by atoms with Gasteiger partial charge in [-0.05, 0) is 48.0 Å². The van der Waals surface area contributed by atoms with Crippen LogP contribution < -0.4 is 4.74 Å². The fourth-order valence-electron chi connectivity index (χ4n) is 5.12. The third-order valence-electron chi connectivity index (χ3n) is 7.48. The minimum atomic E-state index is -1.09. The molecule has 0 atom stereocenters. The molecule has 0 saturated heterocycles. The summed E-state index contributed by atoms with van der Waals surface area (Å²) in [6.07, 6.45) is 1.33. The second kappa shape index (κ2) is 12.8. The number of aromatic carboxylic acids is 1. The molecule has 0 unspecified atom stereocenters. The number of rotatable bonds is 11. The minimum Gasteiger partial charge on any atom is -0.478 e. The van der Waals surface area contributed by atoms with Crippen molar-refractivity contribution in [2.24, 2.45) is 7.05 Å². The van der Waals surface area contributed by atoms with Crippen LogP contribution in [0.1, 0.15) is 27.3 Å². The average Bonchev–Trinajstić information content (AvgIpc) is 3.63. The predicted octanol–water partition coefficient (Wildman–Crippen LogP) is 5.83. The molecule has 13 heteroatoms. The van der Waals surface area contributed by atoms with Gasteiger partial charge in [-0.15, -0.1) is 0 Å². The molecule has 10 nitrogen and oxygen atoms in total. The number of methoxy groups -OCH3 is 1. The molecule has 0 spiro atoms. The Bertz CT molecular complexity index is 2080. The molecule has 3 heterocycles. The molecular formula is C33H27F3N6O4. The zero-order chi connectivity index (χ0) is 32.4. The van der Waals surface area contributed by atoms with Crippen molar-refractivity contribution in [2.75, 3.05) is 13.7 Å². The zero-order valence-corrected chi connectivity index (χ0v) is 24.7. The number of hydrogen-bond acceptors (Lipinski definition) is 7. The third-order valence-corrected chi connectivity index (χ3v) is 7.48. The van der Waals surface area contributed by atoms with E-state index in [4.69, 9.17) is 9.47 Å². The first-order valence-corrected chi connectivity index (χ1v) is 14.1. The van der Waals surface area contributed by atoms with E-state index < -0.39 is 23.4 Å². The minimum absolute atomic E-state index is 0.0541. The number of imidazole rings is 1. The quantitative estimate of drug-likeness (QED) is 0.191. The van der Waals surface area contributed by atoms with Crippen molar-refractivity contribution in [3.05, 3.63) is 113 Å². The normalized spacial score (nSPS) is 11.3. The van der Waals surface area contributed by atoms with Crippen LogP contribution in [-0.4, -0.2) is 54.1 Å². The van der Waals surface area contributed by atoms with Crippen molar-refractivity contribution >= 4 is 17.0 Å². The van der Waals surface area contributed by atoms with E-state index in [1.165, 1.54) is 48.5 Å². The molecule has 1 N–H and O–H groups in total. The van der Waals surface area contributed by atoms with Crippen LogP contribution in [0.5, 0.6) is 5.88 Å². The van der Waals surface area contributed by atoms with E-state index in [-0.39, 0.29) is 46.9 Å². The van der Waals surface area contributed by atoms with Gasteiger partial charge in [0.2, 0.25) is 5.88 Å². The number of carbonyl (C=O) groups is 1. The van der Waals surface area contributed by atoms with Gasteiger partial charge in [-0.25, -0.2) is 37.6 Å². The Morgan fingerprint density at radius 2 is 1.76 bits per heavy atom. The first-order valence-electron chi connectivity index (χ1n) is 14.1. The number of aryl methyl sites for hydroxylation is 1. The van der Waals surface area contributed by atoms with E-state index in [1.807, 2.05) is 0 Å². The second-order valence-corrected chi connectivity index (χ2v) is 10.4. The van der Waals surface area contributed by atoms with Crippen molar-refractivity contribution in [1.29, 1.82) is 0 Å². The largest absolute Gasteiger partial charge is 0.478 e. The average molecular weight is 629 g/mol. The van der Waals surface area contributed by atoms with Crippen molar-refractivity contribution in [2.45, 2.75) is 19.6 Å². The summed E-state index contributed by atoms with van der Waals surface area (Å²) in [7, 11) is 3.24. The summed E-state index contributed by atoms with van der Waals surface area (Å²) >= 11 is 0. The van der Waals surface area contributed by atoms with Crippen LogP contribution in [-0.2, 0) is 31.4 Å². The first-order chi connectivity index (χ1) is 22.2. The lowest BCUT2D eigenvalue weighted by Gasteiger charge is -2.12. The standard InChI is InChI=1S/C33H27F3N6O4/c1-41-32(37-18-38-41)19-6-7-21(24(34)12-19)17-46-31-5-3-4-27(40-31)23-16-25(35)22(13-26(23)36)15-30-39-28-9-8-20(33(43)44)14-29(28)42(30)10-11-45-2/h3-9,12-14,16,18H,10-11,15,17H2,1-2H3,(H,43,44). The zero-order valence-electron chi connectivity index (χ0n) is 24.7. The molecule has 6 aromatic rings.